The summed E-state index contributed by atoms with van der Waals surface area (Å²) in [5.41, 5.74) is -0.0893. The van der Waals surface area contributed by atoms with Crippen LogP contribution in [0.3, 0.4) is 0 Å². The van der Waals surface area contributed by atoms with Crippen molar-refractivity contribution in [3.63, 3.8) is 0 Å². The van der Waals surface area contributed by atoms with Gasteiger partial charge in [0.15, 0.2) is 4.64 Å². The molecule has 0 aliphatic heterocycles. The van der Waals surface area contributed by atoms with E-state index in [-0.39, 0.29) is 5.56 Å². The van der Waals surface area contributed by atoms with Crippen LogP contribution in [0, 0.1) is 4.64 Å². The van der Waals surface area contributed by atoms with Gasteiger partial charge in [0.25, 0.3) is 5.56 Å². The van der Waals surface area contributed by atoms with Crippen molar-refractivity contribution < 1.29 is 0 Å². The number of hydrogen-bond acceptors (Lipinski definition) is 2. The van der Waals surface area contributed by atoms with Gasteiger partial charge in [-0.2, -0.15) is 0 Å². The average molecular weight is 198 g/mol. The Bertz CT molecular complexity index is 366. The molecule has 0 aromatic carbocycles. The van der Waals surface area contributed by atoms with E-state index in [0.717, 1.165) is 25.8 Å². The van der Waals surface area contributed by atoms with Crippen LogP contribution < -0.4 is 5.56 Å². The Morgan fingerprint density at radius 1 is 1.54 bits per heavy atom. The molecule has 0 amide bonds. The lowest BCUT2D eigenvalue weighted by molar-refractivity contribution is 0.583. The maximum Gasteiger partial charge on any atom is 0.285 e. The first-order valence-electron chi connectivity index (χ1n) is 4.54. The second-order valence-corrected chi connectivity index (χ2v) is 3.40. The van der Waals surface area contributed by atoms with E-state index in [9.17, 15) is 4.79 Å². The highest BCUT2D eigenvalue weighted by atomic mass is 32.1. The van der Waals surface area contributed by atoms with Crippen molar-refractivity contribution in [1.82, 2.24) is 9.55 Å². The van der Waals surface area contributed by atoms with Crippen molar-refractivity contribution in [3.05, 3.63) is 27.4 Å². The van der Waals surface area contributed by atoms with Crippen molar-refractivity contribution in [2.24, 2.45) is 0 Å². The molecule has 0 aliphatic carbocycles. The van der Waals surface area contributed by atoms with Crippen LogP contribution in [-0.4, -0.2) is 9.55 Å². The van der Waals surface area contributed by atoms with Crippen molar-refractivity contribution in [1.29, 1.82) is 0 Å². The molecule has 13 heavy (non-hydrogen) atoms. The third kappa shape index (κ3) is 2.81. The molecule has 72 valence electrons. The van der Waals surface area contributed by atoms with Gasteiger partial charge >= 0.3 is 0 Å². The number of nitrogens with one attached hydrogen (secondary N) is 1. The highest BCUT2D eigenvalue weighted by molar-refractivity contribution is 7.71. The molecule has 0 atom stereocenters. The first-order valence-corrected chi connectivity index (χ1v) is 4.94. The summed E-state index contributed by atoms with van der Waals surface area (Å²) in [4.78, 5) is 14.1. The fraction of sp³-hybridized carbons (Fsp3) is 0.556. The summed E-state index contributed by atoms with van der Waals surface area (Å²) in [6, 6.07) is 0. The van der Waals surface area contributed by atoms with E-state index in [1.54, 1.807) is 17.0 Å². The zero-order chi connectivity index (χ0) is 9.68. The number of aromatic amines is 1. The highest BCUT2D eigenvalue weighted by Gasteiger charge is 1.95. The Morgan fingerprint density at radius 2 is 2.31 bits per heavy atom. The first kappa shape index (κ1) is 10.2. The zero-order valence-electron chi connectivity index (χ0n) is 7.75. The predicted octanol–water partition coefficient (Wildman–Crippen LogP) is 2.10. The Hall–Kier alpha value is -0.900. The summed E-state index contributed by atoms with van der Waals surface area (Å²) in [5, 5.41) is 0. The summed E-state index contributed by atoms with van der Waals surface area (Å²) in [7, 11) is 0. The molecule has 0 unspecified atom stereocenters. The molecule has 1 N–H and O–H groups in total. The highest BCUT2D eigenvalue weighted by Crippen LogP contribution is 1.95. The molecule has 0 fully saturated rings. The Labute approximate surface area is 82.4 Å². The lowest BCUT2D eigenvalue weighted by Crippen LogP contribution is -2.20. The monoisotopic (exact) mass is 198 g/mol. The Balaban J connectivity index is 2.72. The van der Waals surface area contributed by atoms with Crippen molar-refractivity contribution >= 4 is 12.2 Å². The summed E-state index contributed by atoms with van der Waals surface area (Å²) in [5.74, 6) is 0. The molecular formula is C9H14N2OS. The predicted molar refractivity (Wildman–Crippen MR) is 55.4 cm³/mol. The molecule has 0 bridgehead atoms. The fourth-order valence-corrected chi connectivity index (χ4v) is 1.36. The van der Waals surface area contributed by atoms with E-state index < -0.39 is 0 Å². The Morgan fingerprint density at radius 3 is 3.00 bits per heavy atom. The van der Waals surface area contributed by atoms with Crippen LogP contribution >= 0.6 is 12.2 Å². The minimum Gasteiger partial charge on any atom is -0.347 e. The number of aromatic nitrogens is 2. The minimum atomic E-state index is -0.0893. The van der Waals surface area contributed by atoms with Crippen LogP contribution in [0.2, 0.25) is 0 Å². The Kier molecular flexibility index (Phi) is 3.89. The van der Waals surface area contributed by atoms with Crippen molar-refractivity contribution in [3.8, 4) is 0 Å². The van der Waals surface area contributed by atoms with Crippen molar-refractivity contribution in [2.45, 2.75) is 32.7 Å². The molecule has 0 radical (unpaired) electrons. The molecule has 0 saturated carbocycles. The number of hydrogen-bond donors (Lipinski definition) is 1. The topological polar surface area (TPSA) is 37.8 Å². The lowest BCUT2D eigenvalue weighted by atomic mass is 10.2. The molecule has 1 rings (SSSR count). The average Bonchev–Trinajstić information content (AvgIpc) is 2.13. The van der Waals surface area contributed by atoms with Gasteiger partial charge in [-0.15, -0.1) is 0 Å². The van der Waals surface area contributed by atoms with Gasteiger partial charge in [-0.3, -0.25) is 4.79 Å². The number of aryl methyl sites for hydroxylation is 1. The second-order valence-electron chi connectivity index (χ2n) is 2.99. The molecule has 1 aromatic heterocycles. The molecule has 3 nitrogen and oxygen atoms in total. The molecule has 4 heteroatoms. The maximum atomic E-state index is 11.4. The van der Waals surface area contributed by atoms with Gasteiger partial charge in [-0.05, 0) is 6.42 Å². The standard InChI is InChI=1S/C9H14N2OS/c1-2-3-4-6-11-7-5-10-8(13)9(11)12/h5,7H,2-4,6H2,1H3,(H,10,13). The second kappa shape index (κ2) is 4.97. The van der Waals surface area contributed by atoms with Crippen LogP contribution in [0.15, 0.2) is 17.2 Å². The summed E-state index contributed by atoms with van der Waals surface area (Å²) in [6.07, 6.45) is 6.80. The zero-order valence-corrected chi connectivity index (χ0v) is 8.56. The SMILES string of the molecule is CCCCCn1cc[nH]c(=S)c1=O. The van der Waals surface area contributed by atoms with Gasteiger partial charge in [0.2, 0.25) is 0 Å². The number of unbranched alkanes of at least 4 members (excludes halogenated alkanes) is 2. The van der Waals surface area contributed by atoms with Crippen molar-refractivity contribution in [2.75, 3.05) is 0 Å². The number of rotatable bonds is 4. The molecular weight excluding hydrogens is 184 g/mol. The molecule has 1 heterocycles. The number of nitrogens with zero attached hydrogens (tertiary/aromatic N) is 1. The van der Waals surface area contributed by atoms with Gasteiger partial charge in [-0.1, -0.05) is 32.0 Å². The van der Waals surface area contributed by atoms with Gasteiger partial charge < -0.3 is 9.55 Å². The third-order valence-corrected chi connectivity index (χ3v) is 2.22. The van der Waals surface area contributed by atoms with Gasteiger partial charge in [-0.25, -0.2) is 0 Å². The fourth-order valence-electron chi connectivity index (χ4n) is 1.17. The van der Waals surface area contributed by atoms with Crippen LogP contribution in [0.25, 0.3) is 0 Å². The van der Waals surface area contributed by atoms with Crippen LogP contribution in [0.5, 0.6) is 0 Å². The largest absolute Gasteiger partial charge is 0.347 e. The number of H-pyrrole nitrogens is 1. The van der Waals surface area contributed by atoms with E-state index in [1.807, 2.05) is 0 Å². The van der Waals surface area contributed by atoms with Crippen LogP contribution in [-0.2, 0) is 6.54 Å². The molecule has 0 spiro atoms. The van der Waals surface area contributed by atoms with E-state index in [0.29, 0.717) is 4.64 Å². The third-order valence-electron chi connectivity index (χ3n) is 1.93. The van der Waals surface area contributed by atoms with Crippen LogP contribution in [0.4, 0.5) is 0 Å². The maximum absolute atomic E-state index is 11.4. The molecule has 0 aliphatic rings. The smallest absolute Gasteiger partial charge is 0.285 e. The van der Waals surface area contributed by atoms with E-state index in [1.165, 1.54) is 0 Å². The summed E-state index contributed by atoms with van der Waals surface area (Å²) >= 11 is 4.83. The van der Waals surface area contributed by atoms with Gasteiger partial charge in [0.1, 0.15) is 0 Å². The summed E-state index contributed by atoms with van der Waals surface area (Å²) < 4.78 is 1.95. The minimum absolute atomic E-state index is 0.0893. The summed E-state index contributed by atoms with van der Waals surface area (Å²) in [6.45, 7) is 2.91. The quantitative estimate of drug-likeness (QED) is 0.594. The van der Waals surface area contributed by atoms with Crippen LogP contribution in [0.1, 0.15) is 26.2 Å². The lowest BCUT2D eigenvalue weighted by Gasteiger charge is -2.02. The normalized spacial score (nSPS) is 10.2. The van der Waals surface area contributed by atoms with E-state index >= 15 is 0 Å². The van der Waals surface area contributed by atoms with Gasteiger partial charge in [0.05, 0.1) is 0 Å². The first-order chi connectivity index (χ1) is 6.25. The van der Waals surface area contributed by atoms with E-state index in [2.05, 4.69) is 11.9 Å². The molecule has 1 aromatic rings. The molecule has 0 saturated heterocycles. The van der Waals surface area contributed by atoms with E-state index in [4.69, 9.17) is 12.2 Å². The van der Waals surface area contributed by atoms with Gasteiger partial charge in [0, 0.05) is 18.9 Å².